The first-order valence-corrected chi connectivity index (χ1v) is 15.5. The quantitative estimate of drug-likeness (QED) is 0.305. The van der Waals surface area contributed by atoms with E-state index in [0.29, 0.717) is 28.7 Å². The van der Waals surface area contributed by atoms with Crippen molar-refractivity contribution in [2.45, 2.75) is 69.9 Å². The largest absolute Gasteiger partial charge is 0.496 e. The number of rotatable bonds is 12. The van der Waals surface area contributed by atoms with Crippen LogP contribution in [0.25, 0.3) is 11.3 Å². The van der Waals surface area contributed by atoms with E-state index in [-0.39, 0.29) is 30.3 Å². The first-order valence-electron chi connectivity index (χ1n) is 14.6. The Hall–Kier alpha value is -3.44. The van der Waals surface area contributed by atoms with Gasteiger partial charge in [0, 0.05) is 30.6 Å². The van der Waals surface area contributed by atoms with Crippen molar-refractivity contribution >= 4 is 28.3 Å². The summed E-state index contributed by atoms with van der Waals surface area (Å²) in [6.45, 7) is 2.94. The average molecular weight is 581 g/mol. The molecule has 2 aliphatic rings. The van der Waals surface area contributed by atoms with Gasteiger partial charge in [0.1, 0.15) is 11.5 Å². The van der Waals surface area contributed by atoms with Gasteiger partial charge in [-0.3, -0.25) is 14.3 Å². The standard InChI is InChI=1S/C30H40N6O4S/c1-39-25-11-8-12-26(40-2)28(25)24-20-23(34-36(24)22-9-4-5-10-22)29(38)32-21(13-17-35-15-6-3-7-16-35)19-27(37)33-30-31-14-18-41-30/h8,11-12,14,18,20-22H,3-7,9-10,13,15-17,19H2,1-2H3,(H,32,38)(H,31,33,37)/t21-/m0/s1. The molecule has 1 aliphatic heterocycles. The van der Waals surface area contributed by atoms with Gasteiger partial charge in [-0.15, -0.1) is 11.3 Å². The highest BCUT2D eigenvalue weighted by Crippen LogP contribution is 2.41. The molecule has 1 aromatic carbocycles. The lowest BCUT2D eigenvalue weighted by molar-refractivity contribution is -0.116. The fourth-order valence-electron chi connectivity index (χ4n) is 5.91. The van der Waals surface area contributed by atoms with Gasteiger partial charge in [0.15, 0.2) is 10.8 Å². The van der Waals surface area contributed by atoms with Crippen LogP contribution in [0.15, 0.2) is 35.8 Å². The van der Waals surface area contributed by atoms with E-state index in [9.17, 15) is 9.59 Å². The number of aromatic nitrogens is 3. The Labute approximate surface area is 245 Å². The molecule has 2 fully saturated rings. The molecular weight excluding hydrogens is 540 g/mol. The van der Waals surface area contributed by atoms with E-state index >= 15 is 0 Å². The van der Waals surface area contributed by atoms with Crippen molar-refractivity contribution in [3.05, 3.63) is 41.5 Å². The van der Waals surface area contributed by atoms with Gasteiger partial charge in [0.25, 0.3) is 5.91 Å². The zero-order chi connectivity index (χ0) is 28.6. The smallest absolute Gasteiger partial charge is 0.272 e. The number of anilines is 1. The van der Waals surface area contributed by atoms with Gasteiger partial charge in [0.05, 0.1) is 31.5 Å². The fraction of sp³-hybridized carbons (Fsp3) is 0.533. The van der Waals surface area contributed by atoms with Crippen LogP contribution in [0.1, 0.15) is 74.3 Å². The Balaban J connectivity index is 1.39. The van der Waals surface area contributed by atoms with Crippen LogP contribution in [0.2, 0.25) is 0 Å². The number of nitrogens with zero attached hydrogens (tertiary/aromatic N) is 4. The van der Waals surface area contributed by atoms with Crippen molar-refractivity contribution in [1.82, 2.24) is 25.0 Å². The lowest BCUT2D eigenvalue weighted by atomic mass is 10.1. The molecule has 1 saturated heterocycles. The van der Waals surface area contributed by atoms with Crippen LogP contribution in [-0.4, -0.2) is 71.4 Å². The molecule has 220 valence electrons. The summed E-state index contributed by atoms with van der Waals surface area (Å²) in [4.78, 5) is 33.2. The van der Waals surface area contributed by atoms with Crippen LogP contribution in [0, 0.1) is 0 Å². The number of thiazole rings is 1. The molecule has 41 heavy (non-hydrogen) atoms. The second-order valence-corrected chi connectivity index (χ2v) is 11.7. The van der Waals surface area contributed by atoms with Crippen LogP contribution in [0.5, 0.6) is 11.5 Å². The highest BCUT2D eigenvalue weighted by molar-refractivity contribution is 7.13. The predicted octanol–water partition coefficient (Wildman–Crippen LogP) is 5.14. The van der Waals surface area contributed by atoms with E-state index < -0.39 is 0 Å². The summed E-state index contributed by atoms with van der Waals surface area (Å²) < 4.78 is 13.4. The number of nitrogens with one attached hydrogen (secondary N) is 2. The lowest BCUT2D eigenvalue weighted by Gasteiger charge is -2.28. The van der Waals surface area contributed by atoms with Crippen LogP contribution >= 0.6 is 11.3 Å². The van der Waals surface area contributed by atoms with Crippen molar-refractivity contribution < 1.29 is 19.1 Å². The number of carbonyl (C=O) groups excluding carboxylic acids is 2. The minimum Gasteiger partial charge on any atom is -0.496 e. The van der Waals surface area contributed by atoms with Gasteiger partial charge in [0.2, 0.25) is 5.91 Å². The molecule has 0 bridgehead atoms. The summed E-state index contributed by atoms with van der Waals surface area (Å²) in [6.07, 6.45) is 10.4. The molecule has 10 nitrogen and oxygen atoms in total. The number of hydrogen-bond donors (Lipinski definition) is 2. The lowest BCUT2D eigenvalue weighted by Crippen LogP contribution is -2.41. The molecule has 3 heterocycles. The summed E-state index contributed by atoms with van der Waals surface area (Å²) in [7, 11) is 3.26. The summed E-state index contributed by atoms with van der Waals surface area (Å²) in [5.74, 6) is 0.866. The van der Waals surface area contributed by atoms with E-state index in [0.717, 1.165) is 56.6 Å². The first kappa shape index (κ1) is 29.1. The Morgan fingerprint density at radius 3 is 2.46 bits per heavy atom. The molecule has 1 atom stereocenters. The number of benzene rings is 1. The monoisotopic (exact) mass is 580 g/mol. The number of hydrogen-bond acceptors (Lipinski definition) is 8. The SMILES string of the molecule is COc1cccc(OC)c1-c1cc(C(=O)N[C@@H](CCN2CCCCC2)CC(=O)Nc2nccs2)nn1C1CCCC1. The molecule has 0 radical (unpaired) electrons. The van der Waals surface area contributed by atoms with E-state index in [4.69, 9.17) is 14.6 Å². The van der Waals surface area contributed by atoms with E-state index in [1.54, 1.807) is 20.4 Å². The Morgan fingerprint density at radius 2 is 1.80 bits per heavy atom. The summed E-state index contributed by atoms with van der Waals surface area (Å²) in [6, 6.07) is 7.34. The maximum absolute atomic E-state index is 13.7. The molecule has 2 aromatic heterocycles. The van der Waals surface area contributed by atoms with Crippen molar-refractivity contribution in [2.24, 2.45) is 0 Å². The maximum Gasteiger partial charge on any atom is 0.272 e. The third kappa shape index (κ3) is 7.26. The number of carbonyl (C=O) groups is 2. The molecule has 1 saturated carbocycles. The van der Waals surface area contributed by atoms with Crippen molar-refractivity contribution in [1.29, 1.82) is 0 Å². The Bertz CT molecular complexity index is 1280. The molecule has 3 aromatic rings. The first-order chi connectivity index (χ1) is 20.1. The fourth-order valence-corrected chi connectivity index (χ4v) is 6.45. The third-order valence-electron chi connectivity index (χ3n) is 8.01. The highest BCUT2D eigenvalue weighted by Gasteiger charge is 2.28. The zero-order valence-corrected chi connectivity index (χ0v) is 24.8. The Kier molecular flexibility index (Phi) is 9.89. The van der Waals surface area contributed by atoms with Crippen molar-refractivity contribution in [2.75, 3.05) is 39.2 Å². The summed E-state index contributed by atoms with van der Waals surface area (Å²) in [5.41, 5.74) is 1.89. The second kappa shape index (κ2) is 14.0. The van der Waals surface area contributed by atoms with Gasteiger partial charge >= 0.3 is 0 Å². The van der Waals surface area contributed by atoms with Gasteiger partial charge in [-0.2, -0.15) is 5.10 Å². The van der Waals surface area contributed by atoms with E-state index in [1.807, 2.05) is 34.3 Å². The molecule has 2 N–H and O–H groups in total. The topological polar surface area (TPSA) is 111 Å². The summed E-state index contributed by atoms with van der Waals surface area (Å²) in [5, 5.41) is 13.2. The minimum atomic E-state index is -0.342. The highest BCUT2D eigenvalue weighted by atomic mass is 32.1. The van der Waals surface area contributed by atoms with Crippen molar-refractivity contribution in [3.63, 3.8) is 0 Å². The summed E-state index contributed by atoms with van der Waals surface area (Å²) >= 11 is 1.37. The number of ether oxygens (including phenoxy) is 2. The van der Waals surface area contributed by atoms with Crippen LogP contribution in [0.4, 0.5) is 5.13 Å². The van der Waals surface area contributed by atoms with Gasteiger partial charge in [-0.25, -0.2) is 4.98 Å². The molecule has 5 rings (SSSR count). The minimum absolute atomic E-state index is 0.162. The molecule has 0 unspecified atom stereocenters. The average Bonchev–Trinajstić information content (AvgIpc) is 3.78. The van der Waals surface area contributed by atoms with Gasteiger partial charge < -0.3 is 25.0 Å². The second-order valence-electron chi connectivity index (χ2n) is 10.8. The van der Waals surface area contributed by atoms with Crippen LogP contribution in [0.3, 0.4) is 0 Å². The molecule has 1 aliphatic carbocycles. The van der Waals surface area contributed by atoms with E-state index in [1.165, 1.54) is 30.6 Å². The van der Waals surface area contributed by atoms with Crippen molar-refractivity contribution in [3.8, 4) is 22.8 Å². The number of methoxy groups -OCH3 is 2. The molecule has 2 amide bonds. The van der Waals surface area contributed by atoms with E-state index in [2.05, 4.69) is 20.5 Å². The molecule has 0 spiro atoms. The normalized spacial score (nSPS) is 16.8. The number of amides is 2. The molecule has 11 heteroatoms. The number of likely N-dealkylation sites (tertiary alicyclic amines) is 1. The third-order valence-corrected chi connectivity index (χ3v) is 8.70. The van der Waals surface area contributed by atoms with Gasteiger partial charge in [-0.05, 0) is 63.4 Å². The number of piperidine rings is 1. The van der Waals surface area contributed by atoms with Crippen LogP contribution < -0.4 is 20.1 Å². The zero-order valence-electron chi connectivity index (χ0n) is 23.9. The Morgan fingerprint density at radius 1 is 1.07 bits per heavy atom. The van der Waals surface area contributed by atoms with Crippen LogP contribution in [-0.2, 0) is 4.79 Å². The molecular formula is C30H40N6O4S. The predicted molar refractivity (Wildman–Crippen MR) is 160 cm³/mol. The van der Waals surface area contributed by atoms with Gasteiger partial charge in [-0.1, -0.05) is 25.3 Å². The maximum atomic E-state index is 13.7.